The Kier molecular flexibility index (Phi) is 7.64. The van der Waals surface area contributed by atoms with Crippen LogP contribution in [0.1, 0.15) is 58.1 Å². The zero-order valence-electron chi connectivity index (χ0n) is 20.4. The standard InChI is InChI=1S/C27H34N2O5/c1-6-16(2)22(25(31)32)28-24(30)23(27(3,4)5)29-26(33)34-15-21-19-13-9-7-11-17(19)18-12-8-10-14-20(18)21/h7-14,16,21-23H,6,15H2,1-5H3,(H,28,30)(H,29,33)(H,31,32)/t16-,22-,23-/m0/s1. The van der Waals surface area contributed by atoms with E-state index in [9.17, 15) is 19.5 Å². The summed E-state index contributed by atoms with van der Waals surface area (Å²) in [5.74, 6) is -2.00. The van der Waals surface area contributed by atoms with E-state index in [1.54, 1.807) is 27.7 Å². The van der Waals surface area contributed by atoms with Crippen molar-refractivity contribution in [2.45, 2.75) is 59.0 Å². The number of amides is 2. The summed E-state index contributed by atoms with van der Waals surface area (Å²) in [6, 6.07) is 14.1. The van der Waals surface area contributed by atoms with Crippen molar-refractivity contribution in [2.75, 3.05) is 6.61 Å². The Morgan fingerprint density at radius 1 is 0.971 bits per heavy atom. The molecule has 2 amide bonds. The molecule has 1 aliphatic rings. The Morgan fingerprint density at radius 3 is 1.97 bits per heavy atom. The lowest BCUT2D eigenvalue weighted by Gasteiger charge is -2.32. The van der Waals surface area contributed by atoms with E-state index in [2.05, 4.69) is 22.8 Å². The first-order valence-corrected chi connectivity index (χ1v) is 11.7. The van der Waals surface area contributed by atoms with Crippen molar-refractivity contribution < 1.29 is 24.2 Å². The van der Waals surface area contributed by atoms with Crippen LogP contribution < -0.4 is 10.6 Å². The molecule has 0 bridgehead atoms. The van der Waals surface area contributed by atoms with Crippen LogP contribution in [0.15, 0.2) is 48.5 Å². The molecular weight excluding hydrogens is 432 g/mol. The Hall–Kier alpha value is -3.35. The van der Waals surface area contributed by atoms with Gasteiger partial charge in [-0.25, -0.2) is 9.59 Å². The minimum Gasteiger partial charge on any atom is -0.480 e. The van der Waals surface area contributed by atoms with Crippen LogP contribution in [0.4, 0.5) is 4.79 Å². The number of fused-ring (bicyclic) bond motifs is 3. The first kappa shape index (κ1) is 25.3. The van der Waals surface area contributed by atoms with Crippen LogP contribution in [0.5, 0.6) is 0 Å². The summed E-state index contributed by atoms with van der Waals surface area (Å²) >= 11 is 0. The molecule has 0 unspecified atom stereocenters. The van der Waals surface area contributed by atoms with E-state index in [0.29, 0.717) is 6.42 Å². The minimum absolute atomic E-state index is 0.0955. The molecular formula is C27H34N2O5. The monoisotopic (exact) mass is 466 g/mol. The Bertz CT molecular complexity index is 1010. The number of alkyl carbamates (subject to hydrolysis) is 1. The quantitative estimate of drug-likeness (QED) is 0.529. The molecule has 1 aliphatic carbocycles. The average molecular weight is 467 g/mol. The first-order valence-electron chi connectivity index (χ1n) is 11.7. The van der Waals surface area contributed by atoms with E-state index < -0.39 is 35.5 Å². The topological polar surface area (TPSA) is 105 Å². The summed E-state index contributed by atoms with van der Waals surface area (Å²) in [5.41, 5.74) is 3.79. The third-order valence-corrected chi connectivity index (χ3v) is 6.51. The van der Waals surface area contributed by atoms with Crippen molar-refractivity contribution in [1.82, 2.24) is 10.6 Å². The number of aliphatic carboxylic acids is 1. The fraction of sp³-hybridized carbons (Fsp3) is 0.444. The van der Waals surface area contributed by atoms with E-state index in [1.165, 1.54) is 0 Å². The number of carbonyl (C=O) groups is 3. The predicted molar refractivity (Wildman–Crippen MR) is 130 cm³/mol. The van der Waals surface area contributed by atoms with E-state index in [0.717, 1.165) is 22.3 Å². The summed E-state index contributed by atoms with van der Waals surface area (Å²) < 4.78 is 5.59. The van der Waals surface area contributed by atoms with Crippen LogP contribution in [-0.2, 0) is 14.3 Å². The van der Waals surface area contributed by atoms with Gasteiger partial charge in [-0.05, 0) is 33.6 Å². The molecule has 7 heteroatoms. The Morgan fingerprint density at radius 2 is 1.50 bits per heavy atom. The normalized spacial score (nSPS) is 15.4. The summed E-state index contributed by atoms with van der Waals surface area (Å²) in [6.45, 7) is 9.18. The second-order valence-electron chi connectivity index (χ2n) is 9.98. The number of carboxylic acids is 1. The molecule has 3 atom stereocenters. The van der Waals surface area contributed by atoms with Gasteiger partial charge in [0.15, 0.2) is 0 Å². The van der Waals surface area contributed by atoms with E-state index in [4.69, 9.17) is 4.74 Å². The maximum absolute atomic E-state index is 13.0. The van der Waals surface area contributed by atoms with Gasteiger partial charge in [-0.3, -0.25) is 4.79 Å². The van der Waals surface area contributed by atoms with Gasteiger partial charge in [-0.1, -0.05) is 89.6 Å². The van der Waals surface area contributed by atoms with Crippen molar-refractivity contribution in [3.8, 4) is 11.1 Å². The lowest BCUT2D eigenvalue weighted by atomic mass is 9.85. The van der Waals surface area contributed by atoms with Gasteiger partial charge in [0.1, 0.15) is 18.7 Å². The van der Waals surface area contributed by atoms with Gasteiger partial charge in [0.25, 0.3) is 0 Å². The molecule has 34 heavy (non-hydrogen) atoms. The molecule has 182 valence electrons. The van der Waals surface area contributed by atoms with Crippen LogP contribution >= 0.6 is 0 Å². The van der Waals surface area contributed by atoms with Crippen molar-refractivity contribution in [3.05, 3.63) is 59.7 Å². The Balaban J connectivity index is 1.70. The largest absolute Gasteiger partial charge is 0.480 e. The molecule has 3 N–H and O–H groups in total. The van der Waals surface area contributed by atoms with Crippen molar-refractivity contribution in [2.24, 2.45) is 11.3 Å². The Labute approximate surface area is 200 Å². The van der Waals surface area contributed by atoms with Gasteiger partial charge < -0.3 is 20.5 Å². The molecule has 0 aromatic heterocycles. The molecule has 0 heterocycles. The molecule has 2 aromatic carbocycles. The molecule has 0 spiro atoms. The predicted octanol–water partition coefficient (Wildman–Crippen LogP) is 4.56. The van der Waals surface area contributed by atoms with Crippen LogP contribution in [0, 0.1) is 11.3 Å². The van der Waals surface area contributed by atoms with Gasteiger partial charge in [0.2, 0.25) is 5.91 Å². The number of carboxylic acid groups (broad SMARTS) is 1. The highest BCUT2D eigenvalue weighted by atomic mass is 16.5. The fourth-order valence-electron chi connectivity index (χ4n) is 4.35. The fourth-order valence-corrected chi connectivity index (χ4v) is 4.35. The molecule has 0 saturated carbocycles. The summed E-state index contributed by atoms with van der Waals surface area (Å²) in [4.78, 5) is 37.4. The van der Waals surface area contributed by atoms with Gasteiger partial charge in [-0.2, -0.15) is 0 Å². The van der Waals surface area contributed by atoms with Crippen LogP contribution in [0.25, 0.3) is 11.1 Å². The average Bonchev–Trinajstić information content (AvgIpc) is 3.11. The highest BCUT2D eigenvalue weighted by Crippen LogP contribution is 2.44. The molecule has 0 fully saturated rings. The van der Waals surface area contributed by atoms with E-state index in [-0.39, 0.29) is 18.4 Å². The third-order valence-electron chi connectivity index (χ3n) is 6.51. The van der Waals surface area contributed by atoms with Crippen molar-refractivity contribution in [3.63, 3.8) is 0 Å². The molecule has 0 radical (unpaired) electrons. The number of ether oxygens (including phenoxy) is 1. The lowest BCUT2D eigenvalue weighted by molar-refractivity contribution is -0.144. The van der Waals surface area contributed by atoms with Gasteiger partial charge in [-0.15, -0.1) is 0 Å². The lowest BCUT2D eigenvalue weighted by Crippen LogP contribution is -2.57. The number of benzene rings is 2. The van der Waals surface area contributed by atoms with Crippen LogP contribution in [0.2, 0.25) is 0 Å². The highest BCUT2D eigenvalue weighted by molar-refractivity contribution is 5.90. The second kappa shape index (κ2) is 10.3. The van der Waals surface area contributed by atoms with Crippen LogP contribution in [0.3, 0.4) is 0 Å². The van der Waals surface area contributed by atoms with Gasteiger partial charge >= 0.3 is 12.1 Å². The smallest absolute Gasteiger partial charge is 0.407 e. The van der Waals surface area contributed by atoms with Crippen molar-refractivity contribution >= 4 is 18.0 Å². The van der Waals surface area contributed by atoms with E-state index in [1.807, 2.05) is 43.3 Å². The first-order chi connectivity index (χ1) is 16.0. The van der Waals surface area contributed by atoms with Gasteiger partial charge in [0.05, 0.1) is 0 Å². The summed E-state index contributed by atoms with van der Waals surface area (Å²) in [7, 11) is 0. The number of hydrogen-bond donors (Lipinski definition) is 3. The molecule has 0 saturated heterocycles. The zero-order valence-corrected chi connectivity index (χ0v) is 20.4. The second-order valence-corrected chi connectivity index (χ2v) is 9.98. The molecule has 2 aromatic rings. The zero-order chi connectivity index (χ0) is 25.0. The number of nitrogens with one attached hydrogen (secondary N) is 2. The minimum atomic E-state index is -1.10. The summed E-state index contributed by atoms with van der Waals surface area (Å²) in [6.07, 6.45) is -0.121. The highest BCUT2D eigenvalue weighted by Gasteiger charge is 2.37. The molecule has 0 aliphatic heterocycles. The number of rotatable bonds is 8. The molecule has 7 nitrogen and oxygen atoms in total. The van der Waals surface area contributed by atoms with Gasteiger partial charge in [0, 0.05) is 5.92 Å². The number of carbonyl (C=O) groups excluding carboxylic acids is 2. The summed E-state index contributed by atoms with van der Waals surface area (Å²) in [5, 5.41) is 14.8. The van der Waals surface area contributed by atoms with Crippen LogP contribution in [-0.4, -0.2) is 41.8 Å². The maximum atomic E-state index is 13.0. The SMILES string of the molecule is CC[C@H](C)[C@H](NC(=O)[C@H](NC(=O)OCC1c2ccccc2-c2ccccc21)C(C)(C)C)C(=O)O. The third kappa shape index (κ3) is 5.41. The maximum Gasteiger partial charge on any atom is 0.407 e. The van der Waals surface area contributed by atoms with Crippen molar-refractivity contribution in [1.29, 1.82) is 0 Å². The number of hydrogen-bond acceptors (Lipinski definition) is 4. The van der Waals surface area contributed by atoms with E-state index >= 15 is 0 Å². The molecule has 3 rings (SSSR count).